The Morgan fingerprint density at radius 2 is 1.26 bits per heavy atom. The number of carbonyl (C=O) groups excluding carboxylic acids is 2. The molecule has 0 aliphatic heterocycles. The van der Waals surface area contributed by atoms with Crippen molar-refractivity contribution >= 4 is 59.1 Å². The van der Waals surface area contributed by atoms with Gasteiger partial charge in [0.2, 0.25) is 0 Å². The highest BCUT2D eigenvalue weighted by molar-refractivity contribution is 8.18. The van der Waals surface area contributed by atoms with Gasteiger partial charge in [-0.1, -0.05) is 27.7 Å². The van der Waals surface area contributed by atoms with E-state index in [-0.39, 0.29) is 9.16 Å². The zero-order valence-corrected chi connectivity index (χ0v) is 15.8. The molecule has 0 spiro atoms. The van der Waals surface area contributed by atoms with Gasteiger partial charge in [-0.3, -0.25) is 4.79 Å². The first-order valence-electron chi connectivity index (χ1n) is 6.49. The van der Waals surface area contributed by atoms with Crippen LogP contribution in [0.4, 0.5) is 0 Å². The van der Waals surface area contributed by atoms with E-state index in [1.54, 1.807) is 54.0 Å². The van der Waals surface area contributed by atoms with Crippen LogP contribution < -0.4 is 0 Å². The molecular weight excluding hydrogens is 316 g/mol. The molecule has 0 N–H and O–H groups in total. The minimum absolute atomic E-state index is 0.167. The molecule has 2 nitrogen and oxygen atoms in total. The molecule has 0 heterocycles. The van der Waals surface area contributed by atoms with Gasteiger partial charge in [0.05, 0.1) is 0 Å². The molecule has 0 aromatic carbocycles. The van der Waals surface area contributed by atoms with Gasteiger partial charge in [-0.25, -0.2) is 0 Å². The zero-order chi connectivity index (χ0) is 15.1. The van der Waals surface area contributed by atoms with Crippen molar-refractivity contribution in [2.24, 2.45) is 0 Å². The smallest absolute Gasteiger partial charge is 0.152 e. The fourth-order valence-electron chi connectivity index (χ4n) is 1.04. The van der Waals surface area contributed by atoms with Gasteiger partial charge in [0.25, 0.3) is 0 Å². The van der Waals surface area contributed by atoms with Crippen LogP contribution >= 0.6 is 47.0 Å². The normalized spacial score (nSPS) is 10.3. The summed E-state index contributed by atoms with van der Waals surface area (Å²) in [6.07, 6.45) is 1.02. The Hall–Kier alpha value is 0.740. The molecule has 0 amide bonds. The number of Topliss-reactive ketones (excluding diaryl/α,β-unsaturated/α-hetero) is 1. The van der Waals surface area contributed by atoms with Crippen molar-refractivity contribution in [2.45, 2.75) is 43.8 Å². The summed E-state index contributed by atoms with van der Waals surface area (Å²) in [5.74, 6) is 4.39. The van der Waals surface area contributed by atoms with E-state index in [4.69, 9.17) is 0 Å². The van der Waals surface area contributed by atoms with E-state index < -0.39 is 0 Å². The van der Waals surface area contributed by atoms with Crippen molar-refractivity contribution in [1.82, 2.24) is 0 Å². The highest BCUT2D eigenvalue weighted by Crippen LogP contribution is 2.23. The first kappa shape index (κ1) is 22.0. The van der Waals surface area contributed by atoms with Gasteiger partial charge in [0, 0.05) is 0 Å². The topological polar surface area (TPSA) is 34.1 Å². The van der Waals surface area contributed by atoms with Crippen LogP contribution in [0, 0.1) is 0 Å². The Bertz CT molecular complexity index is 213. The van der Waals surface area contributed by atoms with Crippen molar-refractivity contribution in [3.8, 4) is 0 Å². The SMILES string of the molecule is CCSC(C=O)SCC.CCSC(SCC)C(C)=O. The summed E-state index contributed by atoms with van der Waals surface area (Å²) in [4.78, 5) is 21.1. The summed E-state index contributed by atoms with van der Waals surface area (Å²) in [5, 5.41) is 0. The molecule has 0 saturated heterocycles. The second-order valence-corrected chi connectivity index (χ2v) is 9.47. The average molecular weight is 343 g/mol. The number of ketones is 1. The predicted octanol–water partition coefficient (Wildman–Crippen LogP) is 4.43. The van der Waals surface area contributed by atoms with Crippen LogP contribution in [0.25, 0.3) is 0 Å². The summed E-state index contributed by atoms with van der Waals surface area (Å²) in [6, 6.07) is 0. The van der Waals surface area contributed by atoms with Gasteiger partial charge in [-0.05, 0) is 29.9 Å². The molecule has 0 saturated carbocycles. The van der Waals surface area contributed by atoms with E-state index >= 15 is 0 Å². The third-order valence-corrected chi connectivity index (χ3v) is 6.86. The summed E-state index contributed by atoms with van der Waals surface area (Å²) < 4.78 is 0.343. The van der Waals surface area contributed by atoms with Crippen LogP contribution in [0.5, 0.6) is 0 Å². The molecule has 6 heteroatoms. The molecule has 0 aromatic rings. The first-order chi connectivity index (χ1) is 9.06. The van der Waals surface area contributed by atoms with Crippen LogP contribution in [0.15, 0.2) is 0 Å². The maximum Gasteiger partial charge on any atom is 0.152 e. The minimum Gasteiger partial charge on any atom is -0.301 e. The van der Waals surface area contributed by atoms with Gasteiger partial charge >= 0.3 is 0 Å². The number of hydrogen-bond acceptors (Lipinski definition) is 6. The van der Waals surface area contributed by atoms with Crippen molar-refractivity contribution in [3.63, 3.8) is 0 Å². The van der Waals surface area contributed by atoms with E-state index in [0.29, 0.717) is 5.78 Å². The lowest BCUT2D eigenvalue weighted by Crippen LogP contribution is -2.09. The fraction of sp³-hybridized carbons (Fsp3) is 0.846. The average Bonchev–Trinajstić information content (AvgIpc) is 2.39. The molecule has 0 fully saturated rings. The van der Waals surface area contributed by atoms with E-state index in [1.165, 1.54) is 0 Å². The summed E-state index contributed by atoms with van der Waals surface area (Å²) >= 11 is 6.84. The third-order valence-electron chi connectivity index (χ3n) is 1.74. The largest absolute Gasteiger partial charge is 0.301 e. The van der Waals surface area contributed by atoms with Crippen molar-refractivity contribution < 1.29 is 9.59 Å². The lowest BCUT2D eigenvalue weighted by Gasteiger charge is -2.09. The van der Waals surface area contributed by atoms with Crippen LogP contribution in [0.3, 0.4) is 0 Å². The molecule has 0 aliphatic rings. The van der Waals surface area contributed by atoms with Gasteiger partial charge in [0.1, 0.15) is 15.5 Å². The molecule has 19 heavy (non-hydrogen) atoms. The summed E-state index contributed by atoms with van der Waals surface area (Å²) in [6.45, 7) is 9.96. The Labute approximate surface area is 135 Å². The number of aldehydes is 1. The van der Waals surface area contributed by atoms with Gasteiger partial charge in [0.15, 0.2) is 5.78 Å². The highest BCUT2D eigenvalue weighted by atomic mass is 32.2. The molecule has 0 radical (unpaired) electrons. The second kappa shape index (κ2) is 16.8. The summed E-state index contributed by atoms with van der Waals surface area (Å²) in [5.41, 5.74) is 0. The van der Waals surface area contributed by atoms with E-state index in [0.717, 1.165) is 29.3 Å². The van der Waals surface area contributed by atoms with E-state index in [1.807, 2.05) is 0 Å². The van der Waals surface area contributed by atoms with Crippen LogP contribution in [-0.4, -0.2) is 44.2 Å². The van der Waals surface area contributed by atoms with Crippen molar-refractivity contribution in [3.05, 3.63) is 0 Å². The van der Waals surface area contributed by atoms with Crippen molar-refractivity contribution in [2.75, 3.05) is 23.0 Å². The monoisotopic (exact) mass is 342 g/mol. The zero-order valence-electron chi connectivity index (χ0n) is 12.5. The molecule has 114 valence electrons. The number of carbonyl (C=O) groups is 2. The third kappa shape index (κ3) is 15.0. The van der Waals surface area contributed by atoms with Crippen LogP contribution in [0.2, 0.25) is 0 Å². The Morgan fingerprint density at radius 3 is 1.47 bits per heavy atom. The maximum absolute atomic E-state index is 10.9. The molecule has 0 unspecified atom stereocenters. The van der Waals surface area contributed by atoms with Crippen LogP contribution in [-0.2, 0) is 9.59 Å². The van der Waals surface area contributed by atoms with Gasteiger partial charge in [-0.15, -0.1) is 47.0 Å². The molecule has 0 aromatic heterocycles. The Morgan fingerprint density at radius 1 is 0.895 bits per heavy atom. The minimum atomic E-state index is 0.167. The van der Waals surface area contributed by atoms with E-state index in [2.05, 4.69) is 27.7 Å². The van der Waals surface area contributed by atoms with Crippen LogP contribution in [0.1, 0.15) is 34.6 Å². The van der Waals surface area contributed by atoms with E-state index in [9.17, 15) is 9.59 Å². The second-order valence-electron chi connectivity index (χ2n) is 3.27. The first-order valence-corrected chi connectivity index (χ1v) is 10.7. The number of rotatable bonds is 10. The Balaban J connectivity index is 0. The van der Waals surface area contributed by atoms with Gasteiger partial charge < -0.3 is 4.79 Å². The standard InChI is InChI=1S/C7H14OS2.C6H12OS2/c1-4-9-7(6(3)8)10-5-2;1-3-8-6(5-7)9-4-2/h7H,4-5H2,1-3H3;5-6H,3-4H2,1-2H3. The quantitative estimate of drug-likeness (QED) is 0.432. The van der Waals surface area contributed by atoms with Crippen molar-refractivity contribution in [1.29, 1.82) is 0 Å². The molecule has 0 atom stereocenters. The Kier molecular flexibility index (Phi) is 19.5. The molecule has 0 rings (SSSR count). The highest BCUT2D eigenvalue weighted by Gasteiger charge is 2.11. The summed E-state index contributed by atoms with van der Waals surface area (Å²) in [7, 11) is 0. The lowest BCUT2D eigenvalue weighted by atomic mass is 10.5. The molecular formula is C13H26O2S4. The van der Waals surface area contributed by atoms with Gasteiger partial charge in [-0.2, -0.15) is 0 Å². The molecule has 0 bridgehead atoms. The maximum atomic E-state index is 10.9. The number of thioether (sulfide) groups is 4. The molecule has 0 aliphatic carbocycles. The predicted molar refractivity (Wildman–Crippen MR) is 96.8 cm³/mol. The number of hydrogen-bond donors (Lipinski definition) is 0. The fourth-order valence-corrected chi connectivity index (χ4v) is 5.33. The lowest BCUT2D eigenvalue weighted by molar-refractivity contribution is -0.115.